The fourth-order valence-electron chi connectivity index (χ4n) is 1.20. The van der Waals surface area contributed by atoms with Gasteiger partial charge in [-0.2, -0.15) is 4.98 Å². The average Bonchev–Trinajstić information content (AvgIpc) is 2.32. The smallest absolute Gasteiger partial charge is 0.319 e. The van der Waals surface area contributed by atoms with Gasteiger partial charge < -0.3 is 15.2 Å². The van der Waals surface area contributed by atoms with E-state index < -0.39 is 0 Å². The van der Waals surface area contributed by atoms with Gasteiger partial charge in [-0.1, -0.05) is 17.7 Å². The lowest BCUT2D eigenvalue weighted by Gasteiger charge is -2.07. The molecule has 1 heterocycles. The average molecular weight is 252 g/mol. The Kier molecular flexibility index (Phi) is 3.30. The van der Waals surface area contributed by atoms with Crippen LogP contribution in [0.25, 0.3) is 0 Å². The maximum Gasteiger partial charge on any atom is 0.319 e. The molecule has 0 aliphatic carbocycles. The van der Waals surface area contributed by atoms with Gasteiger partial charge in [0.2, 0.25) is 5.88 Å². The minimum atomic E-state index is 0.188. The molecule has 88 valence electrons. The lowest BCUT2D eigenvalue weighted by atomic mass is 10.3. The third-order valence-corrected chi connectivity index (χ3v) is 2.20. The van der Waals surface area contributed by atoms with Crippen LogP contribution in [0.2, 0.25) is 5.02 Å². The Morgan fingerprint density at radius 1 is 1.35 bits per heavy atom. The summed E-state index contributed by atoms with van der Waals surface area (Å²) in [5.41, 5.74) is 6.23. The van der Waals surface area contributed by atoms with Gasteiger partial charge in [0.05, 0.1) is 13.3 Å². The third kappa shape index (κ3) is 2.76. The molecule has 17 heavy (non-hydrogen) atoms. The predicted octanol–water partition coefficient (Wildman–Crippen LogP) is 2.51. The number of halogens is 1. The van der Waals surface area contributed by atoms with E-state index in [1.807, 2.05) is 0 Å². The highest BCUT2D eigenvalue weighted by molar-refractivity contribution is 6.31. The number of aromatic nitrogens is 2. The van der Waals surface area contributed by atoms with Gasteiger partial charge in [-0.3, -0.25) is 0 Å². The van der Waals surface area contributed by atoms with Gasteiger partial charge in [0.15, 0.2) is 0 Å². The molecule has 0 saturated carbocycles. The van der Waals surface area contributed by atoms with Crippen LogP contribution in [0.1, 0.15) is 0 Å². The van der Waals surface area contributed by atoms with E-state index in [0.29, 0.717) is 16.5 Å². The molecule has 0 aliphatic heterocycles. The van der Waals surface area contributed by atoms with Crippen molar-refractivity contribution >= 4 is 17.3 Å². The van der Waals surface area contributed by atoms with Crippen LogP contribution in [0, 0.1) is 0 Å². The molecule has 2 N–H and O–H groups in total. The van der Waals surface area contributed by atoms with E-state index in [1.165, 1.54) is 13.3 Å². The zero-order valence-electron chi connectivity index (χ0n) is 9.05. The first kappa shape index (κ1) is 11.5. The second kappa shape index (κ2) is 4.88. The molecule has 0 bridgehead atoms. The first-order valence-electron chi connectivity index (χ1n) is 4.79. The van der Waals surface area contributed by atoms with Crippen LogP contribution >= 0.6 is 11.6 Å². The van der Waals surface area contributed by atoms with Gasteiger partial charge in [-0.25, -0.2) is 4.98 Å². The highest BCUT2D eigenvalue weighted by Crippen LogP contribution is 2.28. The Bertz CT molecular complexity index is 534. The van der Waals surface area contributed by atoms with Gasteiger partial charge in [0.25, 0.3) is 0 Å². The van der Waals surface area contributed by atoms with Crippen LogP contribution in [-0.4, -0.2) is 17.1 Å². The summed E-state index contributed by atoms with van der Waals surface area (Å²) in [6.07, 6.45) is 1.41. The summed E-state index contributed by atoms with van der Waals surface area (Å²) in [6.45, 7) is 0. The highest BCUT2D eigenvalue weighted by Gasteiger charge is 2.08. The molecule has 0 fully saturated rings. The number of nitrogen functional groups attached to an aromatic ring is 1. The summed E-state index contributed by atoms with van der Waals surface area (Å²) in [6, 6.07) is 7.14. The lowest BCUT2D eigenvalue weighted by molar-refractivity contribution is 0.366. The number of nitrogens with two attached hydrogens (primary N) is 1. The molecular formula is C11H10ClN3O2. The summed E-state index contributed by atoms with van der Waals surface area (Å²) in [7, 11) is 1.47. The molecule has 0 saturated heterocycles. The van der Waals surface area contributed by atoms with E-state index in [2.05, 4.69) is 9.97 Å². The van der Waals surface area contributed by atoms with Gasteiger partial charge in [0, 0.05) is 11.8 Å². The fourth-order valence-corrected chi connectivity index (χ4v) is 1.33. The molecule has 1 aromatic heterocycles. The molecular weight excluding hydrogens is 242 g/mol. The van der Waals surface area contributed by atoms with Crippen molar-refractivity contribution in [1.82, 2.24) is 9.97 Å². The Morgan fingerprint density at radius 2 is 2.18 bits per heavy atom. The first-order valence-corrected chi connectivity index (χ1v) is 5.17. The third-order valence-electron chi connectivity index (χ3n) is 1.95. The van der Waals surface area contributed by atoms with Crippen LogP contribution in [0.3, 0.4) is 0 Å². The lowest BCUT2D eigenvalue weighted by Crippen LogP contribution is -1.95. The minimum Gasteiger partial charge on any atom is -0.467 e. The number of hydrogen-bond donors (Lipinski definition) is 1. The van der Waals surface area contributed by atoms with Crippen molar-refractivity contribution in [2.75, 3.05) is 12.8 Å². The molecule has 5 nitrogen and oxygen atoms in total. The van der Waals surface area contributed by atoms with E-state index in [1.54, 1.807) is 24.3 Å². The SMILES string of the molecule is COc1ncc(Cl)c(Oc2cccc(N)c2)n1. The van der Waals surface area contributed by atoms with Gasteiger partial charge in [-0.15, -0.1) is 0 Å². The second-order valence-corrected chi connectivity index (χ2v) is 3.59. The summed E-state index contributed by atoms with van der Waals surface area (Å²) in [5.74, 6) is 0.775. The van der Waals surface area contributed by atoms with E-state index in [-0.39, 0.29) is 11.9 Å². The minimum absolute atomic E-state index is 0.188. The number of hydrogen-bond acceptors (Lipinski definition) is 5. The molecule has 0 aliphatic rings. The number of nitrogens with zero attached hydrogens (tertiary/aromatic N) is 2. The summed E-state index contributed by atoms with van der Waals surface area (Å²) in [4.78, 5) is 7.83. The van der Waals surface area contributed by atoms with E-state index in [4.69, 9.17) is 26.8 Å². The molecule has 0 amide bonds. The normalized spacial score (nSPS) is 10.0. The maximum absolute atomic E-state index is 5.91. The van der Waals surface area contributed by atoms with Gasteiger partial charge >= 0.3 is 6.01 Å². The Balaban J connectivity index is 2.29. The van der Waals surface area contributed by atoms with Crippen LogP contribution in [0.4, 0.5) is 5.69 Å². The zero-order valence-corrected chi connectivity index (χ0v) is 9.81. The largest absolute Gasteiger partial charge is 0.467 e. The van der Waals surface area contributed by atoms with E-state index in [0.717, 1.165) is 0 Å². The molecule has 1 aromatic carbocycles. The monoisotopic (exact) mass is 251 g/mol. The Morgan fingerprint density at radius 3 is 2.88 bits per heavy atom. The highest BCUT2D eigenvalue weighted by atomic mass is 35.5. The van der Waals surface area contributed by atoms with E-state index >= 15 is 0 Å². The van der Waals surface area contributed by atoms with Crippen LogP contribution < -0.4 is 15.2 Å². The molecule has 6 heteroatoms. The molecule has 0 unspecified atom stereocenters. The van der Waals surface area contributed by atoms with Crippen LogP contribution in [0.5, 0.6) is 17.6 Å². The maximum atomic E-state index is 5.91. The van der Waals surface area contributed by atoms with Crippen molar-refractivity contribution < 1.29 is 9.47 Å². The first-order chi connectivity index (χ1) is 8.19. The topological polar surface area (TPSA) is 70.3 Å². The Hall–Kier alpha value is -2.01. The van der Waals surface area contributed by atoms with E-state index in [9.17, 15) is 0 Å². The Labute approximate surface area is 103 Å². The van der Waals surface area contributed by atoms with Crippen molar-refractivity contribution in [2.24, 2.45) is 0 Å². The summed E-state index contributed by atoms with van der Waals surface area (Å²) >= 11 is 5.91. The quantitative estimate of drug-likeness (QED) is 0.849. The van der Waals surface area contributed by atoms with Gasteiger partial charge in [-0.05, 0) is 12.1 Å². The van der Waals surface area contributed by atoms with Crippen LogP contribution in [-0.2, 0) is 0 Å². The second-order valence-electron chi connectivity index (χ2n) is 3.18. The fraction of sp³-hybridized carbons (Fsp3) is 0.0909. The molecule has 0 atom stereocenters. The van der Waals surface area contributed by atoms with Gasteiger partial charge in [0.1, 0.15) is 10.8 Å². The standard InChI is InChI=1S/C11H10ClN3O2/c1-16-11-14-6-9(12)10(15-11)17-8-4-2-3-7(13)5-8/h2-6H,13H2,1H3. The van der Waals surface area contributed by atoms with Crippen molar-refractivity contribution in [1.29, 1.82) is 0 Å². The molecule has 2 aromatic rings. The molecule has 0 spiro atoms. The number of rotatable bonds is 3. The van der Waals surface area contributed by atoms with Crippen molar-refractivity contribution in [2.45, 2.75) is 0 Å². The molecule has 2 rings (SSSR count). The number of methoxy groups -OCH3 is 1. The summed E-state index contributed by atoms with van der Waals surface area (Å²) < 4.78 is 10.4. The molecule has 0 radical (unpaired) electrons. The number of anilines is 1. The zero-order chi connectivity index (χ0) is 12.3. The van der Waals surface area contributed by atoms with Crippen molar-refractivity contribution in [3.8, 4) is 17.6 Å². The number of benzene rings is 1. The number of ether oxygens (including phenoxy) is 2. The van der Waals surface area contributed by atoms with Crippen LogP contribution in [0.15, 0.2) is 30.5 Å². The van der Waals surface area contributed by atoms with Crippen molar-refractivity contribution in [3.63, 3.8) is 0 Å². The van der Waals surface area contributed by atoms with Crippen molar-refractivity contribution in [3.05, 3.63) is 35.5 Å². The summed E-state index contributed by atoms with van der Waals surface area (Å²) in [5, 5.41) is 0.299. The predicted molar refractivity (Wildman–Crippen MR) is 64.5 cm³/mol.